The number of hydrogen-bond acceptors (Lipinski definition) is 12. The fourth-order valence-electron chi connectivity index (χ4n) is 4.79. The Morgan fingerprint density at radius 3 is 1.31 bits per heavy atom. The number of thioether (sulfide) groups is 2. The lowest BCUT2D eigenvalue weighted by atomic mass is 10.0. The summed E-state index contributed by atoms with van der Waals surface area (Å²) >= 11 is 4.31. The average molecular weight is 937 g/mol. The molecule has 2 amide bonds. The number of carboxylic acids is 2. The van der Waals surface area contributed by atoms with E-state index in [9.17, 15) is 55.1 Å². The van der Waals surface area contributed by atoms with Crippen molar-refractivity contribution in [3.63, 3.8) is 0 Å². The number of carbonyl (C=O) groups is 6. The van der Waals surface area contributed by atoms with E-state index in [4.69, 9.17) is 10.2 Å². The highest BCUT2D eigenvalue weighted by Crippen LogP contribution is 2.37. The Bertz CT molecular complexity index is 2170. The molecule has 1 unspecified atom stereocenters. The highest BCUT2D eigenvalue weighted by Gasteiger charge is 2.32. The van der Waals surface area contributed by atoms with Crippen LogP contribution in [0.1, 0.15) is 87.5 Å². The molecule has 0 bridgehead atoms. The van der Waals surface area contributed by atoms with E-state index in [1.165, 1.54) is 46.9 Å². The van der Waals surface area contributed by atoms with Crippen LogP contribution in [0.4, 0.5) is 36.3 Å². The van der Waals surface area contributed by atoms with Crippen molar-refractivity contribution >= 4 is 91.5 Å². The molecule has 4 N–H and O–H groups in total. The van der Waals surface area contributed by atoms with Gasteiger partial charge in [0.15, 0.2) is 11.6 Å². The van der Waals surface area contributed by atoms with Crippen molar-refractivity contribution < 1.29 is 74.8 Å². The number of hydrogen-bond donors (Lipinski definition) is 4. The van der Waals surface area contributed by atoms with Gasteiger partial charge in [-0.3, -0.25) is 28.8 Å². The van der Waals surface area contributed by atoms with Crippen LogP contribution in [0.3, 0.4) is 0 Å². The Kier molecular flexibility index (Phi) is 18.7. The van der Waals surface area contributed by atoms with Crippen LogP contribution in [0.15, 0.2) is 60.7 Å². The van der Waals surface area contributed by atoms with Gasteiger partial charge in [-0.1, -0.05) is 27.7 Å². The smallest absolute Gasteiger partial charge is 0.481 e. The summed E-state index contributed by atoms with van der Waals surface area (Å²) in [5, 5.41) is 23.2. The van der Waals surface area contributed by atoms with Gasteiger partial charge in [0.25, 0.3) is 0 Å². The number of thiophene rings is 2. The largest absolute Gasteiger partial charge is 0.573 e. The van der Waals surface area contributed by atoms with Gasteiger partial charge in [-0.05, 0) is 78.9 Å². The monoisotopic (exact) mass is 936 g/mol. The molecular formula is C39H38F6N2O10S4. The minimum Gasteiger partial charge on any atom is -0.481 e. The maximum Gasteiger partial charge on any atom is 0.573 e. The molecule has 0 fully saturated rings. The molecule has 0 spiro atoms. The maximum atomic E-state index is 13.0. The van der Waals surface area contributed by atoms with E-state index in [1.54, 1.807) is 12.1 Å². The number of rotatable bonds is 19. The zero-order valence-electron chi connectivity index (χ0n) is 32.5. The second-order valence-electron chi connectivity index (χ2n) is 12.9. The standard InChI is InChI=1S/C20H20F3NO5S2.C19H18F3NO5S2/c1-3-11(2)15-8-14(19(31-15)24-16(25)9-30-10-17(26)27)18(28)12-4-6-13(7-5-12)29-20(21,22)23;1-10(2)14-7-13(18(30-14)23-15(24)8-29-9-16(25)26)17(27)11-3-5-12(6-4-11)28-19(20,21)22/h4-8,11H,3,9-10H2,1-2H3,(H,24,25)(H,26,27);3-7,10H,8-9H2,1-2H3,(H,23,24)(H,25,26). The highest BCUT2D eigenvalue weighted by atomic mass is 32.2. The second-order valence-corrected chi connectivity index (χ2v) is 17.1. The van der Waals surface area contributed by atoms with E-state index < -0.39 is 59.5 Å². The topological polar surface area (TPSA) is 185 Å². The van der Waals surface area contributed by atoms with Crippen molar-refractivity contribution in [1.82, 2.24) is 0 Å². The van der Waals surface area contributed by atoms with Gasteiger partial charge in [-0.2, -0.15) is 0 Å². The van der Waals surface area contributed by atoms with Crippen LogP contribution in [-0.4, -0.2) is 81.3 Å². The lowest BCUT2D eigenvalue weighted by Crippen LogP contribution is -2.17. The number of carbonyl (C=O) groups excluding carboxylic acids is 4. The summed E-state index contributed by atoms with van der Waals surface area (Å²) in [6.07, 6.45) is -8.86. The minimum atomic E-state index is -4.83. The lowest BCUT2D eigenvalue weighted by Gasteiger charge is -2.09. The van der Waals surface area contributed by atoms with Crippen LogP contribution in [-0.2, 0) is 19.2 Å². The number of alkyl halides is 6. The summed E-state index contributed by atoms with van der Waals surface area (Å²) in [7, 11) is 0. The number of nitrogens with one attached hydrogen (secondary N) is 2. The molecule has 2 heterocycles. The fraction of sp³-hybridized carbons (Fsp3) is 0.333. The third-order valence-corrected chi connectivity index (χ3v) is 12.2. The van der Waals surface area contributed by atoms with E-state index in [2.05, 4.69) is 20.1 Å². The van der Waals surface area contributed by atoms with Gasteiger partial charge < -0.3 is 30.3 Å². The first kappa shape index (κ1) is 50.3. The van der Waals surface area contributed by atoms with Gasteiger partial charge in [0.2, 0.25) is 11.8 Å². The van der Waals surface area contributed by atoms with E-state index in [0.717, 1.165) is 64.0 Å². The molecule has 0 aliphatic carbocycles. The number of ketones is 2. The molecule has 4 aromatic rings. The zero-order chi connectivity index (χ0) is 45.7. The fourth-order valence-corrected chi connectivity index (χ4v) is 8.14. The predicted molar refractivity (Wildman–Crippen MR) is 222 cm³/mol. The molecule has 0 saturated carbocycles. The van der Waals surface area contributed by atoms with Crippen molar-refractivity contribution in [1.29, 1.82) is 0 Å². The normalized spacial score (nSPS) is 11.9. The van der Waals surface area contributed by atoms with Crippen LogP contribution in [0, 0.1) is 0 Å². The van der Waals surface area contributed by atoms with Gasteiger partial charge in [-0.25, -0.2) is 0 Å². The first-order valence-electron chi connectivity index (χ1n) is 17.7. The van der Waals surface area contributed by atoms with Crippen LogP contribution >= 0.6 is 46.2 Å². The summed E-state index contributed by atoms with van der Waals surface area (Å²) in [6.45, 7) is 7.78. The van der Waals surface area contributed by atoms with Gasteiger partial charge in [0.1, 0.15) is 21.5 Å². The number of halogens is 6. The number of ether oxygens (including phenoxy) is 2. The number of anilines is 2. The molecule has 0 saturated heterocycles. The molecular weight excluding hydrogens is 899 g/mol. The van der Waals surface area contributed by atoms with Crippen LogP contribution in [0.25, 0.3) is 0 Å². The lowest BCUT2D eigenvalue weighted by molar-refractivity contribution is -0.275. The number of benzene rings is 2. The molecule has 1 atom stereocenters. The van der Waals surface area contributed by atoms with Crippen LogP contribution in [0.5, 0.6) is 11.5 Å². The van der Waals surface area contributed by atoms with E-state index in [1.807, 2.05) is 27.7 Å². The molecule has 4 rings (SSSR count). The maximum absolute atomic E-state index is 13.0. The Balaban J connectivity index is 0.000000325. The second kappa shape index (κ2) is 22.7. The van der Waals surface area contributed by atoms with Gasteiger partial charge in [-0.15, -0.1) is 72.5 Å². The Hall–Kier alpha value is -5.06. The molecule has 0 aliphatic rings. The summed E-state index contributed by atoms with van der Waals surface area (Å²) in [5.41, 5.74) is 0.707. The Morgan fingerprint density at radius 2 is 0.984 bits per heavy atom. The van der Waals surface area contributed by atoms with Crippen LogP contribution in [0.2, 0.25) is 0 Å². The molecule has 330 valence electrons. The van der Waals surface area contributed by atoms with Crippen molar-refractivity contribution in [2.45, 2.75) is 58.7 Å². The highest BCUT2D eigenvalue weighted by molar-refractivity contribution is 8.00. The Labute approximate surface area is 361 Å². The summed E-state index contributed by atoms with van der Waals surface area (Å²) in [4.78, 5) is 73.0. The number of carboxylic acid groups (broad SMARTS) is 2. The van der Waals surface area contributed by atoms with Gasteiger partial charge >= 0.3 is 24.7 Å². The molecule has 22 heteroatoms. The molecule has 0 radical (unpaired) electrons. The van der Waals surface area contributed by atoms with E-state index in [-0.39, 0.29) is 57.1 Å². The van der Waals surface area contributed by atoms with Crippen molar-refractivity contribution in [3.8, 4) is 11.5 Å². The molecule has 2 aromatic carbocycles. The Morgan fingerprint density at radius 1 is 0.623 bits per heavy atom. The molecule has 12 nitrogen and oxygen atoms in total. The third kappa shape index (κ3) is 17.1. The van der Waals surface area contributed by atoms with E-state index >= 15 is 0 Å². The first-order chi connectivity index (χ1) is 28.5. The van der Waals surface area contributed by atoms with Gasteiger partial charge in [0.05, 0.1) is 34.1 Å². The molecule has 0 aliphatic heterocycles. The summed E-state index contributed by atoms with van der Waals surface area (Å²) in [6, 6.07) is 12.3. The average Bonchev–Trinajstić information content (AvgIpc) is 3.78. The minimum absolute atomic E-state index is 0.0798. The van der Waals surface area contributed by atoms with Crippen molar-refractivity contribution in [2.75, 3.05) is 33.6 Å². The summed E-state index contributed by atoms with van der Waals surface area (Å²) < 4.78 is 81.4. The number of aliphatic carboxylic acids is 2. The SMILES string of the molecule is CC(C)c1cc(C(=O)c2ccc(OC(F)(F)F)cc2)c(NC(=O)CSCC(=O)O)s1.CCC(C)c1cc(C(=O)c2ccc(OC(F)(F)F)cc2)c(NC(=O)CSCC(=O)O)s1. The predicted octanol–water partition coefficient (Wildman–Crippen LogP) is 9.90. The van der Waals surface area contributed by atoms with Crippen molar-refractivity contribution in [2.24, 2.45) is 0 Å². The molecule has 2 aromatic heterocycles. The number of amides is 2. The van der Waals surface area contributed by atoms with Crippen molar-refractivity contribution in [3.05, 3.63) is 92.7 Å². The third-order valence-electron chi connectivity index (χ3n) is 7.78. The summed E-state index contributed by atoms with van der Waals surface area (Å²) in [5.74, 6) is -5.25. The quantitative estimate of drug-likeness (QED) is 0.0516. The van der Waals surface area contributed by atoms with Gasteiger partial charge in [0, 0.05) is 20.9 Å². The first-order valence-corrected chi connectivity index (χ1v) is 21.7. The zero-order valence-corrected chi connectivity index (χ0v) is 35.8. The van der Waals surface area contributed by atoms with E-state index in [0.29, 0.717) is 10.0 Å². The van der Waals surface area contributed by atoms with Crippen LogP contribution < -0.4 is 20.1 Å². The molecule has 61 heavy (non-hydrogen) atoms.